The highest BCUT2D eigenvalue weighted by Crippen LogP contribution is 2.40. The Bertz CT molecular complexity index is 2830. The second-order valence-corrected chi connectivity index (χ2v) is 14.8. The summed E-state index contributed by atoms with van der Waals surface area (Å²) in [5.41, 5.74) is 23.8. The lowest BCUT2D eigenvalue weighted by molar-refractivity contribution is 1.29. The highest BCUT2D eigenvalue weighted by molar-refractivity contribution is 6.00. The highest BCUT2D eigenvalue weighted by Gasteiger charge is 2.20. The summed E-state index contributed by atoms with van der Waals surface area (Å²) in [6.07, 6.45) is 8.70. The first-order valence-electron chi connectivity index (χ1n) is 18.7. The molecule has 0 unspecified atom stereocenters. The van der Waals surface area contributed by atoms with E-state index in [0.717, 1.165) is 89.4 Å². The normalized spacial score (nSPS) is 12.1. The van der Waals surface area contributed by atoms with Crippen LogP contribution in [0.5, 0.6) is 0 Å². The molecule has 3 aromatic heterocycles. The van der Waals surface area contributed by atoms with Crippen LogP contribution in [-0.2, 0) is 0 Å². The van der Waals surface area contributed by atoms with Gasteiger partial charge in [0.1, 0.15) is 0 Å². The van der Waals surface area contributed by atoms with Crippen molar-refractivity contribution in [1.29, 1.82) is 0 Å². The van der Waals surface area contributed by atoms with Crippen molar-refractivity contribution in [2.24, 2.45) is 0 Å². The molecule has 2 aliphatic heterocycles. The highest BCUT2D eigenvalue weighted by atomic mass is 14.8. The summed E-state index contributed by atoms with van der Waals surface area (Å²) in [5, 5.41) is 0. The minimum atomic E-state index is 0.913. The fourth-order valence-corrected chi connectivity index (χ4v) is 7.98. The Labute approximate surface area is 316 Å². The molecule has 2 aliphatic rings. The molecule has 4 aromatic carbocycles. The van der Waals surface area contributed by atoms with Gasteiger partial charge in [-0.05, 0) is 129 Å². The number of aromatic nitrogens is 4. The zero-order valence-corrected chi connectivity index (χ0v) is 31.6. The number of nitrogens with one attached hydrogen (secondary N) is 2. The standard InChI is InChI=1S/C50H42N4/c1-29-12-15-32(4)36(26-29)48-41-20-18-39(51-41)47(35-10-8-7-9-11-35)40-19-21-42(52-40)49(37-27-30(2)13-16-33(37)5)44-23-25-46(54-44)50(45-24-22-43(48)53-45)38-28-31(3)14-17-34(38)6/h7-28,51,54H,1-6H3. The molecular formula is C50H42N4. The van der Waals surface area contributed by atoms with E-state index in [2.05, 4.69) is 185 Å². The van der Waals surface area contributed by atoms with E-state index in [1.165, 1.54) is 33.4 Å². The summed E-state index contributed by atoms with van der Waals surface area (Å²) in [6, 6.07) is 39.4. The Balaban J connectivity index is 1.51. The topological polar surface area (TPSA) is 57.4 Å². The van der Waals surface area contributed by atoms with Crippen molar-refractivity contribution >= 4 is 46.4 Å². The minimum Gasteiger partial charge on any atom is -0.354 e. The van der Waals surface area contributed by atoms with Crippen LogP contribution in [0.2, 0.25) is 0 Å². The van der Waals surface area contributed by atoms with Crippen molar-refractivity contribution < 1.29 is 0 Å². The largest absolute Gasteiger partial charge is 0.354 e. The molecule has 8 bridgehead atoms. The molecule has 262 valence electrons. The second-order valence-electron chi connectivity index (χ2n) is 14.8. The van der Waals surface area contributed by atoms with Crippen LogP contribution in [0.4, 0.5) is 0 Å². The number of H-pyrrole nitrogens is 2. The van der Waals surface area contributed by atoms with Crippen molar-refractivity contribution in [2.75, 3.05) is 0 Å². The van der Waals surface area contributed by atoms with E-state index < -0.39 is 0 Å². The van der Waals surface area contributed by atoms with Gasteiger partial charge in [-0.1, -0.05) is 102 Å². The Morgan fingerprint density at radius 2 is 0.685 bits per heavy atom. The monoisotopic (exact) mass is 698 g/mol. The molecule has 7 aromatic rings. The third-order valence-electron chi connectivity index (χ3n) is 10.8. The lowest BCUT2D eigenvalue weighted by Crippen LogP contribution is -1.93. The molecule has 4 heteroatoms. The molecule has 0 amide bonds. The molecule has 4 nitrogen and oxygen atoms in total. The lowest BCUT2D eigenvalue weighted by atomic mass is 9.97. The van der Waals surface area contributed by atoms with E-state index >= 15 is 0 Å². The molecule has 0 radical (unpaired) electrons. The number of hydrogen-bond acceptors (Lipinski definition) is 2. The predicted molar refractivity (Wildman–Crippen MR) is 229 cm³/mol. The molecule has 54 heavy (non-hydrogen) atoms. The van der Waals surface area contributed by atoms with Gasteiger partial charge in [-0.3, -0.25) is 0 Å². The number of aromatic amines is 2. The summed E-state index contributed by atoms with van der Waals surface area (Å²) in [6.45, 7) is 13.0. The van der Waals surface area contributed by atoms with E-state index in [1.54, 1.807) is 0 Å². The maximum absolute atomic E-state index is 5.52. The molecule has 5 heterocycles. The van der Waals surface area contributed by atoms with Gasteiger partial charge in [-0.2, -0.15) is 0 Å². The maximum atomic E-state index is 5.52. The summed E-state index contributed by atoms with van der Waals surface area (Å²) in [4.78, 5) is 18.8. The quantitative estimate of drug-likeness (QED) is 0.192. The number of fused-ring (bicyclic) bond motifs is 8. The van der Waals surface area contributed by atoms with E-state index in [4.69, 9.17) is 9.97 Å². The number of aryl methyl sites for hydroxylation is 6. The van der Waals surface area contributed by atoms with Gasteiger partial charge in [0.2, 0.25) is 0 Å². The first-order valence-corrected chi connectivity index (χ1v) is 18.7. The molecule has 9 rings (SSSR count). The van der Waals surface area contributed by atoms with Crippen molar-refractivity contribution in [3.8, 4) is 44.5 Å². The van der Waals surface area contributed by atoms with Crippen LogP contribution in [0.3, 0.4) is 0 Å². The fraction of sp³-hybridized carbons (Fsp3) is 0.120. The molecule has 0 atom stereocenters. The van der Waals surface area contributed by atoms with Crippen LogP contribution in [0.25, 0.3) is 90.9 Å². The molecule has 0 aliphatic carbocycles. The van der Waals surface area contributed by atoms with Gasteiger partial charge in [0.15, 0.2) is 0 Å². The van der Waals surface area contributed by atoms with Gasteiger partial charge in [0.25, 0.3) is 0 Å². The summed E-state index contributed by atoms with van der Waals surface area (Å²) in [7, 11) is 0. The van der Waals surface area contributed by atoms with E-state index in [-0.39, 0.29) is 0 Å². The van der Waals surface area contributed by atoms with E-state index in [1.807, 2.05) is 0 Å². The van der Waals surface area contributed by atoms with Crippen LogP contribution < -0.4 is 0 Å². The number of hydrogen-bond donors (Lipinski definition) is 2. The molecule has 0 fully saturated rings. The molecule has 0 saturated carbocycles. The Kier molecular flexibility index (Phi) is 8.12. The third-order valence-corrected chi connectivity index (χ3v) is 10.8. The van der Waals surface area contributed by atoms with Gasteiger partial charge in [0.05, 0.1) is 22.8 Å². The molecule has 0 saturated heterocycles. The average molecular weight is 699 g/mol. The summed E-state index contributed by atoms with van der Waals surface area (Å²) in [5.74, 6) is 0. The van der Waals surface area contributed by atoms with Crippen LogP contribution in [0.15, 0.2) is 109 Å². The minimum absolute atomic E-state index is 0.913. The smallest absolute Gasteiger partial charge is 0.0737 e. The second kappa shape index (κ2) is 13.2. The van der Waals surface area contributed by atoms with E-state index in [9.17, 15) is 0 Å². The van der Waals surface area contributed by atoms with Crippen molar-refractivity contribution in [3.63, 3.8) is 0 Å². The first-order chi connectivity index (χ1) is 26.2. The Morgan fingerprint density at radius 3 is 1.06 bits per heavy atom. The van der Waals surface area contributed by atoms with Crippen LogP contribution in [0.1, 0.15) is 56.2 Å². The van der Waals surface area contributed by atoms with Crippen LogP contribution >= 0.6 is 0 Å². The van der Waals surface area contributed by atoms with Crippen LogP contribution in [0, 0.1) is 41.5 Å². The van der Waals surface area contributed by atoms with Crippen molar-refractivity contribution in [1.82, 2.24) is 19.9 Å². The zero-order valence-electron chi connectivity index (χ0n) is 31.6. The van der Waals surface area contributed by atoms with Crippen LogP contribution in [-0.4, -0.2) is 19.9 Å². The first kappa shape index (κ1) is 33.3. The summed E-state index contributed by atoms with van der Waals surface area (Å²) >= 11 is 0. The molecule has 0 spiro atoms. The van der Waals surface area contributed by atoms with Gasteiger partial charge in [-0.15, -0.1) is 0 Å². The van der Waals surface area contributed by atoms with Crippen molar-refractivity contribution in [3.05, 3.63) is 165 Å². The van der Waals surface area contributed by atoms with Crippen molar-refractivity contribution in [2.45, 2.75) is 41.5 Å². The zero-order chi connectivity index (χ0) is 37.1. The lowest BCUT2D eigenvalue weighted by Gasteiger charge is -2.11. The van der Waals surface area contributed by atoms with E-state index in [0.29, 0.717) is 0 Å². The number of nitrogens with zero attached hydrogens (tertiary/aromatic N) is 2. The molecular weight excluding hydrogens is 657 g/mol. The number of rotatable bonds is 4. The van der Waals surface area contributed by atoms with Gasteiger partial charge < -0.3 is 9.97 Å². The average Bonchev–Trinajstić information content (AvgIpc) is 4.01. The molecule has 2 N–H and O–H groups in total. The predicted octanol–water partition coefficient (Wildman–Crippen LogP) is 13.2. The maximum Gasteiger partial charge on any atom is 0.0737 e. The fourth-order valence-electron chi connectivity index (χ4n) is 7.98. The van der Waals surface area contributed by atoms with Gasteiger partial charge in [0, 0.05) is 44.3 Å². The third kappa shape index (κ3) is 5.81. The SMILES string of the molecule is Cc1ccc(C)c(-c2c3nc(c(-c4cc(C)ccc4C)c4ccc([nH]4)c(-c4cc(C)ccc4C)c4nc(c(-c5ccccc5)c5ccc2[nH]5)C=C4)C=C3)c1. The Hall–Kier alpha value is -6.52. The summed E-state index contributed by atoms with van der Waals surface area (Å²) < 4.78 is 0. The number of benzene rings is 4. The van der Waals surface area contributed by atoms with Gasteiger partial charge >= 0.3 is 0 Å². The Morgan fingerprint density at radius 1 is 0.352 bits per heavy atom. The van der Waals surface area contributed by atoms with Gasteiger partial charge in [-0.25, -0.2) is 9.97 Å².